The van der Waals surface area contributed by atoms with Crippen LogP contribution in [0.1, 0.15) is 43.7 Å². The van der Waals surface area contributed by atoms with Gasteiger partial charge >= 0.3 is 10.2 Å². The van der Waals surface area contributed by atoms with Crippen molar-refractivity contribution < 1.29 is 46.6 Å². The van der Waals surface area contributed by atoms with Crippen molar-refractivity contribution in [3.05, 3.63) is 54.1 Å². The number of carbonyl (C=O) groups excluding carboxylic acids is 2. The molecular weight excluding hydrogens is 605 g/mol. The first kappa shape index (κ1) is 31.3. The third-order valence-corrected chi connectivity index (χ3v) is 8.24. The third kappa shape index (κ3) is 7.02. The van der Waals surface area contributed by atoms with Gasteiger partial charge in [-0.15, -0.1) is 0 Å². The Morgan fingerprint density at radius 3 is 2.26 bits per heavy atom. The Hall–Kier alpha value is -3.68. The van der Waals surface area contributed by atoms with Crippen molar-refractivity contribution in [2.24, 2.45) is 0 Å². The van der Waals surface area contributed by atoms with Crippen LogP contribution >= 0.6 is 10.2 Å². The molecule has 1 aliphatic heterocycles. The molecule has 2 fully saturated rings. The molecule has 1 saturated carbocycles. The van der Waals surface area contributed by atoms with E-state index in [2.05, 4.69) is 10.3 Å². The molecule has 7 nitrogen and oxygen atoms in total. The number of hydrogen-bond acceptors (Lipinski definition) is 5. The van der Waals surface area contributed by atoms with Gasteiger partial charge in [0.1, 0.15) is 29.0 Å². The maximum atomic E-state index is 14.3. The van der Waals surface area contributed by atoms with Crippen LogP contribution in [0.15, 0.2) is 47.6 Å². The van der Waals surface area contributed by atoms with Gasteiger partial charge in [0, 0.05) is 42.8 Å². The number of halogens is 9. The molecular formula is C25H24F9N5O2S. The van der Waals surface area contributed by atoms with Gasteiger partial charge in [-0.05, 0) is 43.2 Å². The van der Waals surface area contributed by atoms with Crippen molar-refractivity contribution in [2.75, 3.05) is 11.4 Å². The summed E-state index contributed by atoms with van der Waals surface area (Å²) in [5, 5.41) is 11.9. The molecule has 2 aromatic rings. The fourth-order valence-electron chi connectivity index (χ4n) is 5.02. The summed E-state index contributed by atoms with van der Waals surface area (Å²) in [7, 11) is -10.2. The van der Waals surface area contributed by atoms with Gasteiger partial charge in [0.15, 0.2) is 6.19 Å². The number of benzene rings is 1. The minimum Gasteiger partial charge on any atom is -0.351 e. The second-order valence-corrected chi connectivity index (χ2v) is 12.7. The van der Waals surface area contributed by atoms with Crippen molar-refractivity contribution >= 4 is 27.7 Å². The van der Waals surface area contributed by atoms with Crippen LogP contribution in [0.5, 0.6) is 0 Å². The number of alkyl halides is 3. The van der Waals surface area contributed by atoms with Crippen LogP contribution in [0.4, 0.5) is 42.7 Å². The lowest BCUT2D eigenvalue weighted by Gasteiger charge is -2.41. The zero-order valence-corrected chi connectivity index (χ0v) is 22.3. The fourth-order valence-corrected chi connectivity index (χ4v) is 5.67. The Balaban J connectivity index is 1.82. The van der Waals surface area contributed by atoms with Gasteiger partial charge in [0.2, 0.25) is 11.8 Å². The van der Waals surface area contributed by atoms with E-state index in [1.54, 1.807) is 6.19 Å². The molecule has 0 radical (unpaired) electrons. The summed E-state index contributed by atoms with van der Waals surface area (Å²) >= 11 is 0. The van der Waals surface area contributed by atoms with Crippen molar-refractivity contribution in [1.82, 2.24) is 15.2 Å². The van der Waals surface area contributed by atoms with E-state index in [4.69, 9.17) is 0 Å². The topological polar surface area (TPSA) is 89.3 Å². The Kier molecular flexibility index (Phi) is 7.63. The fraction of sp³-hybridized carbons (Fsp3) is 0.440. The summed E-state index contributed by atoms with van der Waals surface area (Å²) < 4.78 is 123. The summed E-state index contributed by atoms with van der Waals surface area (Å²) in [6.45, 7) is -0.515. The smallest absolute Gasteiger partial charge is 0.310 e. The van der Waals surface area contributed by atoms with Crippen molar-refractivity contribution in [2.45, 2.75) is 67.2 Å². The Labute approximate surface area is 234 Å². The van der Waals surface area contributed by atoms with E-state index >= 15 is 0 Å². The van der Waals surface area contributed by atoms with Crippen molar-refractivity contribution in [1.29, 1.82) is 5.26 Å². The highest BCUT2D eigenvalue weighted by Gasteiger charge is 2.65. The monoisotopic (exact) mass is 629 g/mol. The summed E-state index contributed by atoms with van der Waals surface area (Å²) in [6, 6.07) is -2.59. The second kappa shape index (κ2) is 10.2. The Bertz CT molecular complexity index is 1390. The number of anilines is 1. The number of nitriles is 1. The molecule has 1 saturated heterocycles. The molecule has 2 amide bonds. The molecule has 230 valence electrons. The van der Waals surface area contributed by atoms with Crippen LogP contribution in [-0.2, 0) is 9.59 Å². The van der Waals surface area contributed by atoms with Crippen LogP contribution in [0.25, 0.3) is 0 Å². The van der Waals surface area contributed by atoms with E-state index < -0.39 is 94.5 Å². The van der Waals surface area contributed by atoms with E-state index in [0.717, 1.165) is 23.4 Å². The largest absolute Gasteiger partial charge is 0.351 e. The van der Waals surface area contributed by atoms with Gasteiger partial charge in [-0.2, -0.15) is 5.26 Å². The molecule has 0 bridgehead atoms. The zero-order valence-electron chi connectivity index (χ0n) is 21.5. The second-order valence-electron chi connectivity index (χ2n) is 10.3. The Morgan fingerprint density at radius 1 is 1.10 bits per heavy atom. The molecule has 2 heterocycles. The van der Waals surface area contributed by atoms with Crippen LogP contribution in [0.2, 0.25) is 0 Å². The van der Waals surface area contributed by atoms with Gasteiger partial charge in [0.05, 0.1) is 12.7 Å². The van der Waals surface area contributed by atoms with E-state index in [0.29, 0.717) is 17.0 Å². The highest BCUT2D eigenvalue weighted by molar-refractivity contribution is 8.45. The quantitative estimate of drug-likeness (QED) is 0.278. The summed E-state index contributed by atoms with van der Waals surface area (Å²) in [6.07, 6.45) is -0.391. The summed E-state index contributed by atoms with van der Waals surface area (Å²) in [4.78, 5) is 30.2. The van der Waals surface area contributed by atoms with E-state index in [-0.39, 0.29) is 30.5 Å². The number of carbonyl (C=O) groups is 2. The van der Waals surface area contributed by atoms with Gasteiger partial charge in [-0.3, -0.25) is 24.4 Å². The maximum Gasteiger partial charge on any atom is 0.310 e. The van der Waals surface area contributed by atoms with Crippen LogP contribution < -0.4 is 10.2 Å². The SMILES string of the molecule is N#CN1C[C@H](F)C[C@@H]1C(=O)N(c1ccc(S(F)(F)(F)(F)F)cc1)C(C(=O)NC1CCC(F)(F)CC1)c1cncc(F)c1. The van der Waals surface area contributed by atoms with Crippen LogP contribution in [0.3, 0.4) is 0 Å². The number of likely N-dealkylation sites (tertiary alicyclic amines) is 1. The molecule has 1 aromatic carbocycles. The maximum absolute atomic E-state index is 14.3. The zero-order chi connectivity index (χ0) is 31.2. The first-order valence-electron chi connectivity index (χ1n) is 12.5. The molecule has 4 rings (SSSR count). The van der Waals surface area contributed by atoms with Gasteiger partial charge in [-0.25, -0.2) is 17.6 Å². The molecule has 42 heavy (non-hydrogen) atoms. The predicted molar refractivity (Wildman–Crippen MR) is 133 cm³/mol. The lowest BCUT2D eigenvalue weighted by Crippen LogP contribution is -2.52. The van der Waals surface area contributed by atoms with Gasteiger partial charge < -0.3 is 5.32 Å². The molecule has 0 spiro atoms. The number of nitrogens with one attached hydrogen (secondary N) is 1. The van der Waals surface area contributed by atoms with Gasteiger partial charge in [0.25, 0.3) is 5.91 Å². The number of pyridine rings is 1. The number of amides is 2. The van der Waals surface area contributed by atoms with Crippen molar-refractivity contribution in [3.63, 3.8) is 0 Å². The minimum atomic E-state index is -10.2. The standard InChI is InChI=1S/C25H24F9N5O2S/c26-16-9-15(11-36-12-16)22(23(40)37-18-5-7-25(28,29)8-6-18)39(24(41)21-10-17(27)13-38(21)14-35)19-1-3-20(4-2-19)42(30,31,32,33)34/h1-4,9,11-12,17-18,21-22H,5-8,10,13H2,(H,37,40)/t17-,21-,22?/m1/s1. The predicted octanol–water partition coefficient (Wildman–Crippen LogP) is 6.54. The normalized spacial score (nSPS) is 23.3. The molecule has 1 aromatic heterocycles. The van der Waals surface area contributed by atoms with E-state index in [9.17, 15) is 51.8 Å². The summed E-state index contributed by atoms with van der Waals surface area (Å²) in [5.41, 5.74) is -0.873. The molecule has 17 heteroatoms. The average Bonchev–Trinajstić information content (AvgIpc) is 3.27. The highest BCUT2D eigenvalue weighted by atomic mass is 32.5. The number of rotatable bonds is 7. The molecule has 1 aliphatic carbocycles. The lowest BCUT2D eigenvalue weighted by molar-refractivity contribution is -0.129. The molecule has 3 atom stereocenters. The van der Waals surface area contributed by atoms with Crippen LogP contribution in [-0.4, -0.2) is 52.4 Å². The molecule has 2 aliphatic rings. The third-order valence-electron chi connectivity index (χ3n) is 7.07. The van der Waals surface area contributed by atoms with Gasteiger partial charge in [-0.1, -0.05) is 19.4 Å². The molecule has 1 unspecified atom stereocenters. The molecule has 1 N–H and O–H groups in total. The average molecular weight is 630 g/mol. The lowest BCUT2D eigenvalue weighted by atomic mass is 9.91. The van der Waals surface area contributed by atoms with Crippen molar-refractivity contribution in [3.8, 4) is 6.19 Å². The van der Waals surface area contributed by atoms with E-state index in [1.165, 1.54) is 0 Å². The number of aromatic nitrogens is 1. The first-order valence-corrected chi connectivity index (χ1v) is 14.5. The minimum absolute atomic E-state index is 0.00610. The van der Waals surface area contributed by atoms with Crippen LogP contribution in [0, 0.1) is 17.3 Å². The highest BCUT2D eigenvalue weighted by Crippen LogP contribution is 3.02. The number of nitrogens with zero attached hydrogens (tertiary/aromatic N) is 4. The first-order chi connectivity index (χ1) is 19.3. The number of hydrogen-bond donors (Lipinski definition) is 1. The summed E-state index contributed by atoms with van der Waals surface area (Å²) in [5.74, 6) is -6.22. The Morgan fingerprint density at radius 2 is 1.71 bits per heavy atom. The van der Waals surface area contributed by atoms with E-state index in [1.807, 2.05) is 0 Å².